The first kappa shape index (κ1) is 82.1. The van der Waals surface area contributed by atoms with Crippen LogP contribution in [0.2, 0.25) is 0 Å². The Morgan fingerprint density at radius 3 is 0.810 bits per heavy atom. The van der Waals surface area contributed by atoms with Gasteiger partial charge in [0.25, 0.3) is 0 Å². The molecule has 19 heteroatoms. The zero-order chi connectivity index (χ0) is 62.0. The molecule has 0 aliphatic heterocycles. The number of aliphatic hydroxyl groups is 1. The maximum Gasteiger partial charge on any atom is 0.472 e. The number of phosphoric ester groups is 2. The van der Waals surface area contributed by atoms with Crippen LogP contribution in [0.4, 0.5) is 0 Å². The molecule has 17 nitrogen and oxygen atoms in total. The van der Waals surface area contributed by atoms with Crippen molar-refractivity contribution in [1.29, 1.82) is 0 Å². The molecule has 84 heavy (non-hydrogen) atoms. The third-order valence-corrected chi connectivity index (χ3v) is 16.9. The van der Waals surface area contributed by atoms with Gasteiger partial charge in [-0.15, -0.1) is 0 Å². The van der Waals surface area contributed by atoms with E-state index in [1.54, 1.807) is 0 Å². The minimum atomic E-state index is -4.94. The number of carbonyl (C=O) groups is 4. The smallest absolute Gasteiger partial charge is 0.462 e. The van der Waals surface area contributed by atoms with Crippen molar-refractivity contribution in [2.24, 2.45) is 5.92 Å². The first-order chi connectivity index (χ1) is 40.5. The fourth-order valence-electron chi connectivity index (χ4n) is 9.76. The van der Waals surface area contributed by atoms with Crippen LogP contribution in [-0.2, 0) is 65.4 Å². The van der Waals surface area contributed by atoms with Gasteiger partial charge in [0.05, 0.1) is 26.4 Å². The topological polar surface area (TPSA) is 237 Å². The molecule has 0 rings (SSSR count). The van der Waals surface area contributed by atoms with Crippen molar-refractivity contribution in [2.75, 3.05) is 39.6 Å². The van der Waals surface area contributed by atoms with Gasteiger partial charge in [0.15, 0.2) is 12.2 Å². The van der Waals surface area contributed by atoms with Crippen LogP contribution in [0, 0.1) is 5.92 Å². The van der Waals surface area contributed by atoms with E-state index in [1.165, 1.54) is 141 Å². The van der Waals surface area contributed by atoms with Crippen LogP contribution in [0.1, 0.15) is 330 Å². The van der Waals surface area contributed by atoms with Crippen LogP contribution in [0.15, 0.2) is 0 Å². The molecule has 0 aromatic rings. The summed E-state index contributed by atoms with van der Waals surface area (Å²) in [7, 11) is -9.88. The van der Waals surface area contributed by atoms with Gasteiger partial charge in [-0.3, -0.25) is 37.3 Å². The Hall–Kier alpha value is -1.94. The van der Waals surface area contributed by atoms with Gasteiger partial charge in [0, 0.05) is 25.7 Å². The van der Waals surface area contributed by atoms with Crippen LogP contribution in [0.25, 0.3) is 0 Å². The first-order valence-corrected chi connectivity index (χ1v) is 37.1. The summed E-state index contributed by atoms with van der Waals surface area (Å²) in [5.41, 5.74) is 0. The van der Waals surface area contributed by atoms with Gasteiger partial charge in [0.2, 0.25) is 0 Å². The Labute approximate surface area is 511 Å². The van der Waals surface area contributed by atoms with Crippen molar-refractivity contribution in [3.8, 4) is 0 Å². The fourth-order valence-corrected chi connectivity index (χ4v) is 11.3. The van der Waals surface area contributed by atoms with Crippen molar-refractivity contribution in [2.45, 2.75) is 348 Å². The van der Waals surface area contributed by atoms with E-state index in [-0.39, 0.29) is 25.7 Å². The molecule has 498 valence electrons. The third-order valence-electron chi connectivity index (χ3n) is 15.0. The van der Waals surface area contributed by atoms with E-state index < -0.39 is 97.5 Å². The number of ether oxygens (including phenoxy) is 4. The molecule has 0 fully saturated rings. The molecule has 0 saturated heterocycles. The number of hydrogen-bond acceptors (Lipinski definition) is 15. The van der Waals surface area contributed by atoms with Gasteiger partial charge in [-0.1, -0.05) is 279 Å². The number of phosphoric acid groups is 2. The molecule has 0 bridgehead atoms. The predicted molar refractivity (Wildman–Crippen MR) is 335 cm³/mol. The summed E-state index contributed by atoms with van der Waals surface area (Å²) < 4.78 is 68.0. The average Bonchev–Trinajstić information content (AvgIpc) is 3.50. The lowest BCUT2D eigenvalue weighted by molar-refractivity contribution is -0.161. The number of rotatable bonds is 65. The number of esters is 4. The minimum Gasteiger partial charge on any atom is -0.462 e. The summed E-state index contributed by atoms with van der Waals surface area (Å²) >= 11 is 0. The van der Waals surface area contributed by atoms with E-state index in [4.69, 9.17) is 37.0 Å². The van der Waals surface area contributed by atoms with Crippen molar-refractivity contribution in [3.63, 3.8) is 0 Å². The average molecular weight is 1240 g/mol. The van der Waals surface area contributed by atoms with Gasteiger partial charge in [-0.2, -0.15) is 0 Å². The van der Waals surface area contributed by atoms with E-state index in [1.807, 2.05) is 0 Å². The first-order valence-electron chi connectivity index (χ1n) is 34.1. The number of unbranched alkanes of at least 4 members (excludes halogenated alkanes) is 37. The summed E-state index contributed by atoms with van der Waals surface area (Å²) in [6, 6.07) is 0. The van der Waals surface area contributed by atoms with Gasteiger partial charge >= 0.3 is 39.5 Å². The molecule has 5 atom stereocenters. The molecule has 3 N–H and O–H groups in total. The summed E-state index contributed by atoms with van der Waals surface area (Å²) in [4.78, 5) is 72.2. The molecular formula is C65H126O17P2. The maximum absolute atomic E-state index is 13.0. The molecule has 0 radical (unpaired) electrons. The Morgan fingerprint density at radius 2 is 0.548 bits per heavy atom. The fraction of sp³-hybridized carbons (Fsp3) is 0.938. The van der Waals surface area contributed by atoms with Crippen LogP contribution < -0.4 is 0 Å². The van der Waals surface area contributed by atoms with Gasteiger partial charge in [0.1, 0.15) is 19.3 Å². The molecule has 2 unspecified atom stereocenters. The largest absolute Gasteiger partial charge is 0.472 e. The summed E-state index contributed by atoms with van der Waals surface area (Å²) in [6.07, 6.45) is 43.0. The monoisotopic (exact) mass is 1240 g/mol. The molecule has 0 aromatic carbocycles. The highest BCUT2D eigenvalue weighted by molar-refractivity contribution is 7.47. The van der Waals surface area contributed by atoms with Gasteiger partial charge in [-0.25, -0.2) is 9.13 Å². The normalized spacial score (nSPS) is 14.2. The Kier molecular flexibility index (Phi) is 57.4. The van der Waals surface area contributed by atoms with Crippen molar-refractivity contribution >= 4 is 39.5 Å². The molecule has 0 spiro atoms. The standard InChI is InChI=1S/C65H126O17P2/c1-6-9-12-15-18-20-22-23-25-29-34-39-44-49-63(68)76-55-61(82-65(70)51-46-41-36-31-27-26-28-33-37-42-47-58(4)5)57-80-84(73,74)78-53-59(66)52-77-83(71,72)79-56-60(54-75-62(67)48-43-38-32-17-14-11-8-3)81-64(69)50-45-40-35-30-24-21-19-16-13-10-7-2/h58-61,66H,6-57H2,1-5H3,(H,71,72)(H,73,74)/t59-,60+,61+/m0/s1. The second-order valence-corrected chi connectivity index (χ2v) is 26.9. The zero-order valence-corrected chi connectivity index (χ0v) is 55.8. The van der Waals surface area contributed by atoms with Crippen LogP contribution >= 0.6 is 15.6 Å². The van der Waals surface area contributed by atoms with E-state index in [9.17, 15) is 43.2 Å². The Morgan fingerprint density at radius 1 is 0.321 bits per heavy atom. The number of hydrogen-bond donors (Lipinski definition) is 3. The van der Waals surface area contributed by atoms with E-state index in [2.05, 4.69) is 34.6 Å². The lowest BCUT2D eigenvalue weighted by Crippen LogP contribution is -2.30. The molecule has 0 saturated carbocycles. The Bertz CT molecular complexity index is 1640. The third kappa shape index (κ3) is 59.0. The molecule has 0 aliphatic carbocycles. The zero-order valence-electron chi connectivity index (χ0n) is 54.0. The number of carbonyl (C=O) groups excluding carboxylic acids is 4. The lowest BCUT2D eigenvalue weighted by Gasteiger charge is -2.21. The van der Waals surface area contributed by atoms with Crippen molar-refractivity contribution in [3.05, 3.63) is 0 Å². The SMILES string of the molecule is CCCCCCCCCCCCCCCC(=O)OC[C@H](COP(=O)(O)OC[C@@H](O)COP(=O)(O)OC[C@@H](COC(=O)CCCCCCCCC)OC(=O)CCCCCCCCCCCCC)OC(=O)CCCCCCCCCCCCC(C)C. The minimum absolute atomic E-state index is 0.106. The molecule has 0 aliphatic rings. The second kappa shape index (κ2) is 58.7. The molecule has 0 heterocycles. The van der Waals surface area contributed by atoms with Crippen molar-refractivity contribution < 1.29 is 80.2 Å². The Balaban J connectivity index is 5.21. The maximum atomic E-state index is 13.0. The van der Waals surface area contributed by atoms with Crippen LogP contribution in [0.3, 0.4) is 0 Å². The second-order valence-electron chi connectivity index (χ2n) is 24.0. The molecule has 0 aromatic heterocycles. The predicted octanol–water partition coefficient (Wildman–Crippen LogP) is 18.2. The van der Waals surface area contributed by atoms with Crippen molar-refractivity contribution in [1.82, 2.24) is 0 Å². The summed E-state index contributed by atoms with van der Waals surface area (Å²) in [5, 5.41) is 10.5. The highest BCUT2D eigenvalue weighted by atomic mass is 31.2. The van der Waals surface area contributed by atoms with E-state index >= 15 is 0 Å². The van der Waals surface area contributed by atoms with E-state index in [0.717, 1.165) is 109 Å². The highest BCUT2D eigenvalue weighted by Crippen LogP contribution is 2.45. The lowest BCUT2D eigenvalue weighted by atomic mass is 10.0. The van der Waals surface area contributed by atoms with Gasteiger partial charge in [-0.05, 0) is 31.6 Å². The summed E-state index contributed by atoms with van der Waals surface area (Å²) in [5.74, 6) is -1.38. The quantitative estimate of drug-likeness (QED) is 0.0222. The molecular weight excluding hydrogens is 1110 g/mol. The van der Waals surface area contributed by atoms with Crippen LogP contribution in [-0.4, -0.2) is 96.7 Å². The highest BCUT2D eigenvalue weighted by Gasteiger charge is 2.30. The molecule has 0 amide bonds. The summed E-state index contributed by atoms with van der Waals surface area (Å²) in [6.45, 7) is 7.16. The number of aliphatic hydroxyl groups excluding tert-OH is 1. The van der Waals surface area contributed by atoms with Gasteiger partial charge < -0.3 is 33.8 Å². The van der Waals surface area contributed by atoms with E-state index in [0.29, 0.717) is 25.7 Å². The van der Waals surface area contributed by atoms with Crippen LogP contribution in [0.5, 0.6) is 0 Å².